The molecule has 0 aliphatic rings. The molecule has 0 radical (unpaired) electrons. The molecule has 0 aliphatic heterocycles. The molecule has 0 saturated carbocycles. The first-order chi connectivity index (χ1) is 32.0. The van der Waals surface area contributed by atoms with E-state index in [-0.39, 0.29) is 18.5 Å². The summed E-state index contributed by atoms with van der Waals surface area (Å²) in [6.07, 6.45) is 65.3. The lowest BCUT2D eigenvalue weighted by atomic mass is 10.0. The average Bonchev–Trinajstić information content (AvgIpc) is 3.31. The largest absolute Gasteiger partial charge is 0.466 e. The maximum Gasteiger partial charge on any atom is 0.305 e. The number of unbranched alkanes of at least 4 members (excludes halogenated alkanes) is 44. The van der Waals surface area contributed by atoms with E-state index in [4.69, 9.17) is 4.74 Å². The second-order valence-electron chi connectivity index (χ2n) is 20.3. The van der Waals surface area contributed by atoms with Gasteiger partial charge in [-0.25, -0.2) is 0 Å². The molecule has 3 N–H and O–H groups in total. The fraction of sp³-hybridized carbons (Fsp3) is 0.932. The van der Waals surface area contributed by atoms with Crippen molar-refractivity contribution in [3.8, 4) is 0 Å². The monoisotopic (exact) mass is 918 g/mol. The third-order valence-electron chi connectivity index (χ3n) is 13.8. The topological polar surface area (TPSA) is 95.9 Å². The minimum atomic E-state index is -0.842. The molecule has 65 heavy (non-hydrogen) atoms. The number of hydrogen-bond donors (Lipinski definition) is 3. The zero-order valence-corrected chi connectivity index (χ0v) is 44.0. The summed E-state index contributed by atoms with van der Waals surface area (Å²) in [4.78, 5) is 24.5. The van der Waals surface area contributed by atoms with Gasteiger partial charge in [-0.15, -0.1) is 0 Å². The number of hydrogen-bond acceptors (Lipinski definition) is 5. The number of nitrogens with one attached hydrogen (secondary N) is 1. The third kappa shape index (κ3) is 51.8. The number of aliphatic hydroxyl groups excluding tert-OH is 2. The Balaban J connectivity index is 3.36. The van der Waals surface area contributed by atoms with E-state index in [0.717, 1.165) is 38.5 Å². The average molecular weight is 919 g/mol. The summed E-state index contributed by atoms with van der Waals surface area (Å²) >= 11 is 0. The summed E-state index contributed by atoms with van der Waals surface area (Å²) in [6.45, 7) is 4.91. The van der Waals surface area contributed by atoms with Crippen LogP contribution >= 0.6 is 0 Å². The highest BCUT2D eigenvalue weighted by Crippen LogP contribution is 2.18. The van der Waals surface area contributed by atoms with Crippen LogP contribution in [-0.4, -0.2) is 47.4 Å². The van der Waals surface area contributed by atoms with Gasteiger partial charge in [0.25, 0.3) is 0 Å². The zero-order chi connectivity index (χ0) is 47.2. The molecule has 0 aliphatic carbocycles. The molecule has 386 valence electrons. The highest BCUT2D eigenvalue weighted by Gasteiger charge is 2.18. The van der Waals surface area contributed by atoms with E-state index in [1.807, 2.05) is 6.08 Å². The summed E-state index contributed by atoms with van der Waals surface area (Å²) in [5, 5.41) is 23.0. The van der Waals surface area contributed by atoms with Crippen LogP contribution in [0, 0.1) is 0 Å². The van der Waals surface area contributed by atoms with Crippen molar-refractivity contribution in [2.24, 2.45) is 0 Å². The van der Waals surface area contributed by atoms with E-state index in [1.54, 1.807) is 6.08 Å². The minimum absolute atomic E-state index is 0.0159. The van der Waals surface area contributed by atoms with Crippen LogP contribution in [-0.2, 0) is 14.3 Å². The molecular weight excluding hydrogens is 803 g/mol. The number of rotatable bonds is 55. The first kappa shape index (κ1) is 63.6. The number of carbonyl (C=O) groups is 2. The van der Waals surface area contributed by atoms with Crippen LogP contribution in [0.3, 0.4) is 0 Å². The molecule has 0 aromatic carbocycles. The number of esters is 1. The molecule has 6 heteroatoms. The Morgan fingerprint density at radius 2 is 0.708 bits per heavy atom. The second-order valence-corrected chi connectivity index (χ2v) is 20.3. The van der Waals surface area contributed by atoms with Crippen molar-refractivity contribution in [2.45, 2.75) is 341 Å². The van der Waals surface area contributed by atoms with Crippen LogP contribution in [0.5, 0.6) is 0 Å². The number of aliphatic hydroxyl groups is 2. The highest BCUT2D eigenvalue weighted by atomic mass is 16.5. The number of carbonyl (C=O) groups excluding carboxylic acids is 2. The van der Waals surface area contributed by atoms with Gasteiger partial charge in [-0.1, -0.05) is 296 Å². The molecule has 0 aromatic heterocycles. The lowest BCUT2D eigenvalue weighted by molar-refractivity contribution is -0.143. The Morgan fingerprint density at radius 3 is 1.05 bits per heavy atom. The number of ether oxygens (including phenoxy) is 1. The molecular formula is C59H115NO5. The Bertz CT molecular complexity index is 970. The van der Waals surface area contributed by atoms with Crippen LogP contribution in [0.1, 0.15) is 328 Å². The number of allylic oxidation sites excluding steroid dienone is 1. The lowest BCUT2D eigenvalue weighted by Crippen LogP contribution is -2.45. The standard InChI is InChI=1S/C59H115NO5/c1-3-5-7-9-11-13-15-16-25-29-33-37-41-45-49-53-59(64)65-54-50-46-42-38-34-30-27-24-22-20-18-17-19-21-23-26-28-32-36-40-44-48-52-58(63)60-56(55-61)57(62)51-47-43-39-35-31-14-12-10-8-6-4-2/h47,51,56-57,61-62H,3-46,48-50,52-55H2,1-2H3,(H,60,63)/b51-47+. The Hall–Kier alpha value is -1.40. The summed E-state index contributed by atoms with van der Waals surface area (Å²) in [5.74, 6) is -0.0522. The summed E-state index contributed by atoms with van der Waals surface area (Å²) in [5.41, 5.74) is 0. The van der Waals surface area contributed by atoms with Gasteiger partial charge in [0.15, 0.2) is 0 Å². The van der Waals surface area contributed by atoms with E-state index in [0.29, 0.717) is 19.4 Å². The van der Waals surface area contributed by atoms with E-state index < -0.39 is 12.1 Å². The van der Waals surface area contributed by atoms with E-state index in [9.17, 15) is 19.8 Å². The first-order valence-corrected chi connectivity index (χ1v) is 29.5. The fourth-order valence-electron chi connectivity index (χ4n) is 9.28. The predicted octanol–water partition coefficient (Wildman–Crippen LogP) is 18.1. The molecule has 0 aromatic rings. The second kappa shape index (κ2) is 55.2. The van der Waals surface area contributed by atoms with Crippen molar-refractivity contribution in [1.29, 1.82) is 0 Å². The maximum absolute atomic E-state index is 12.4. The molecule has 0 bridgehead atoms. The summed E-state index contributed by atoms with van der Waals surface area (Å²) < 4.78 is 5.49. The van der Waals surface area contributed by atoms with Gasteiger partial charge in [0.05, 0.1) is 25.4 Å². The van der Waals surface area contributed by atoms with Crippen LogP contribution in [0.2, 0.25) is 0 Å². The molecule has 0 heterocycles. The normalized spacial score (nSPS) is 12.6. The van der Waals surface area contributed by atoms with Crippen LogP contribution in [0.25, 0.3) is 0 Å². The van der Waals surface area contributed by atoms with Gasteiger partial charge in [0, 0.05) is 12.8 Å². The summed E-state index contributed by atoms with van der Waals surface area (Å²) in [7, 11) is 0. The number of amides is 1. The van der Waals surface area contributed by atoms with Crippen molar-refractivity contribution >= 4 is 11.9 Å². The highest BCUT2D eigenvalue weighted by molar-refractivity contribution is 5.76. The van der Waals surface area contributed by atoms with Crippen molar-refractivity contribution in [3.63, 3.8) is 0 Å². The molecule has 0 saturated heterocycles. The van der Waals surface area contributed by atoms with Gasteiger partial charge < -0.3 is 20.3 Å². The third-order valence-corrected chi connectivity index (χ3v) is 13.8. The van der Waals surface area contributed by atoms with Gasteiger partial charge in [-0.3, -0.25) is 9.59 Å². The zero-order valence-electron chi connectivity index (χ0n) is 44.0. The Kier molecular flexibility index (Phi) is 54.0. The van der Waals surface area contributed by atoms with Gasteiger partial charge in [-0.2, -0.15) is 0 Å². The molecule has 0 spiro atoms. The van der Waals surface area contributed by atoms with E-state index in [2.05, 4.69) is 19.2 Å². The lowest BCUT2D eigenvalue weighted by Gasteiger charge is -2.20. The fourth-order valence-corrected chi connectivity index (χ4v) is 9.28. The molecule has 0 fully saturated rings. The van der Waals surface area contributed by atoms with Crippen molar-refractivity contribution in [2.75, 3.05) is 13.2 Å². The Labute approximate surface area is 406 Å². The van der Waals surface area contributed by atoms with Crippen LogP contribution in [0.4, 0.5) is 0 Å². The maximum atomic E-state index is 12.4. The van der Waals surface area contributed by atoms with Crippen molar-refractivity contribution < 1.29 is 24.5 Å². The molecule has 0 rings (SSSR count). The van der Waals surface area contributed by atoms with Crippen LogP contribution < -0.4 is 5.32 Å². The van der Waals surface area contributed by atoms with E-state index in [1.165, 1.54) is 263 Å². The SMILES string of the molecule is CCCCCCCCCCC/C=C/C(O)C(CO)NC(=O)CCCCCCCCCCCCCCCCCCCCCCCCOC(=O)CCCCCCCCCCCCCCCCC. The predicted molar refractivity (Wildman–Crippen MR) is 283 cm³/mol. The molecule has 2 unspecified atom stereocenters. The first-order valence-electron chi connectivity index (χ1n) is 29.5. The van der Waals surface area contributed by atoms with Gasteiger partial charge in [-0.05, 0) is 32.1 Å². The van der Waals surface area contributed by atoms with E-state index >= 15 is 0 Å². The Morgan fingerprint density at radius 1 is 0.415 bits per heavy atom. The summed E-state index contributed by atoms with van der Waals surface area (Å²) in [6, 6.07) is -0.625. The van der Waals surface area contributed by atoms with Gasteiger partial charge in [0.2, 0.25) is 5.91 Å². The molecule has 1 amide bonds. The van der Waals surface area contributed by atoms with Crippen LogP contribution in [0.15, 0.2) is 12.2 Å². The quantitative estimate of drug-likeness (QED) is 0.0321. The van der Waals surface area contributed by atoms with Gasteiger partial charge in [0.1, 0.15) is 0 Å². The van der Waals surface area contributed by atoms with Gasteiger partial charge >= 0.3 is 5.97 Å². The van der Waals surface area contributed by atoms with Crippen molar-refractivity contribution in [3.05, 3.63) is 12.2 Å². The molecule has 2 atom stereocenters. The van der Waals surface area contributed by atoms with Crippen molar-refractivity contribution in [1.82, 2.24) is 5.32 Å². The minimum Gasteiger partial charge on any atom is -0.466 e. The smallest absolute Gasteiger partial charge is 0.305 e. The molecule has 6 nitrogen and oxygen atoms in total.